The number of nitrogens with zero attached hydrogens (tertiary/aromatic N) is 2. The minimum Gasteiger partial charge on any atom is -0.330 e. The van der Waals surface area contributed by atoms with Crippen LogP contribution in [0.2, 0.25) is 0 Å². The summed E-state index contributed by atoms with van der Waals surface area (Å²) in [7, 11) is 0. The van der Waals surface area contributed by atoms with E-state index in [1.165, 1.54) is 52.0 Å². The molecule has 0 unspecified atom stereocenters. The predicted molar refractivity (Wildman–Crippen MR) is 73.1 cm³/mol. The van der Waals surface area contributed by atoms with E-state index in [-0.39, 0.29) is 0 Å². The molecule has 0 spiro atoms. The normalized spacial score (nSPS) is 26.8. The molecule has 17 heavy (non-hydrogen) atoms. The Morgan fingerprint density at radius 2 is 1.65 bits per heavy atom. The van der Waals surface area contributed by atoms with Crippen molar-refractivity contribution in [2.45, 2.75) is 45.6 Å². The van der Waals surface area contributed by atoms with Gasteiger partial charge in [0.25, 0.3) is 0 Å². The lowest BCUT2D eigenvalue weighted by atomic mass is 9.68. The van der Waals surface area contributed by atoms with Crippen molar-refractivity contribution in [3.63, 3.8) is 0 Å². The number of hydrogen-bond donors (Lipinski definition) is 1. The van der Waals surface area contributed by atoms with E-state index in [9.17, 15) is 0 Å². The van der Waals surface area contributed by atoms with Crippen molar-refractivity contribution in [2.75, 3.05) is 39.3 Å². The van der Waals surface area contributed by atoms with Gasteiger partial charge in [-0.2, -0.15) is 0 Å². The second kappa shape index (κ2) is 4.87. The van der Waals surface area contributed by atoms with E-state index in [4.69, 9.17) is 5.73 Å². The number of hydrogen-bond acceptors (Lipinski definition) is 3. The lowest BCUT2D eigenvalue weighted by Crippen LogP contribution is -2.56. The zero-order chi connectivity index (χ0) is 12.5. The summed E-state index contributed by atoms with van der Waals surface area (Å²) in [4.78, 5) is 5.23. The van der Waals surface area contributed by atoms with Gasteiger partial charge in [0, 0.05) is 38.3 Å². The van der Waals surface area contributed by atoms with Gasteiger partial charge in [0.05, 0.1) is 0 Å². The van der Waals surface area contributed by atoms with Crippen LogP contribution in [0, 0.1) is 5.41 Å². The molecule has 2 aliphatic rings. The fourth-order valence-electron chi connectivity index (χ4n) is 3.15. The molecule has 100 valence electrons. The highest BCUT2D eigenvalue weighted by Crippen LogP contribution is 2.40. The van der Waals surface area contributed by atoms with Crippen LogP contribution < -0.4 is 5.73 Å². The first kappa shape index (κ1) is 13.3. The van der Waals surface area contributed by atoms with Gasteiger partial charge in [-0.25, -0.2) is 0 Å². The van der Waals surface area contributed by atoms with Gasteiger partial charge >= 0.3 is 0 Å². The maximum Gasteiger partial charge on any atom is 0.0126 e. The first-order valence-electron chi connectivity index (χ1n) is 7.13. The zero-order valence-corrected chi connectivity index (χ0v) is 11.8. The van der Waals surface area contributed by atoms with Crippen molar-refractivity contribution < 1.29 is 0 Å². The molecule has 3 nitrogen and oxygen atoms in total. The number of piperazine rings is 1. The molecule has 0 atom stereocenters. The van der Waals surface area contributed by atoms with Crippen LogP contribution in [0.5, 0.6) is 0 Å². The molecule has 2 rings (SSSR count). The van der Waals surface area contributed by atoms with Gasteiger partial charge in [-0.1, -0.05) is 6.42 Å². The molecule has 2 N–H and O–H groups in total. The Morgan fingerprint density at radius 1 is 1.06 bits per heavy atom. The molecule has 1 heterocycles. The third kappa shape index (κ3) is 3.01. The average molecular weight is 239 g/mol. The third-order valence-corrected chi connectivity index (χ3v) is 4.73. The standard InChI is InChI=1S/C14H29N3/c1-13(2,3)17-9-7-16(8-10-17)12-14(11-15)5-4-6-14/h4-12,15H2,1-3H3. The van der Waals surface area contributed by atoms with Crippen LogP contribution in [-0.2, 0) is 0 Å². The molecule has 0 bridgehead atoms. The second-order valence-corrected chi connectivity index (χ2v) is 6.99. The van der Waals surface area contributed by atoms with Gasteiger partial charge < -0.3 is 10.6 Å². The first-order chi connectivity index (χ1) is 7.95. The van der Waals surface area contributed by atoms with Crippen LogP contribution in [0.4, 0.5) is 0 Å². The van der Waals surface area contributed by atoms with Crippen molar-refractivity contribution in [3.05, 3.63) is 0 Å². The van der Waals surface area contributed by atoms with Gasteiger partial charge in [0.2, 0.25) is 0 Å². The fraction of sp³-hybridized carbons (Fsp3) is 1.00. The molecule has 0 aromatic heterocycles. The molecule has 0 aromatic rings. The van der Waals surface area contributed by atoms with Crippen molar-refractivity contribution in [1.82, 2.24) is 9.80 Å². The Bertz CT molecular complexity index is 239. The van der Waals surface area contributed by atoms with Gasteiger partial charge in [-0.3, -0.25) is 4.90 Å². The summed E-state index contributed by atoms with van der Waals surface area (Å²) >= 11 is 0. The van der Waals surface area contributed by atoms with Crippen LogP contribution in [0.15, 0.2) is 0 Å². The molecule has 3 heteroatoms. The van der Waals surface area contributed by atoms with Crippen LogP contribution >= 0.6 is 0 Å². The highest BCUT2D eigenvalue weighted by molar-refractivity contribution is 4.93. The minimum absolute atomic E-state index is 0.327. The van der Waals surface area contributed by atoms with E-state index < -0.39 is 0 Å². The molecule has 0 aromatic carbocycles. The van der Waals surface area contributed by atoms with Crippen LogP contribution in [-0.4, -0.2) is 54.6 Å². The van der Waals surface area contributed by atoms with E-state index in [2.05, 4.69) is 30.6 Å². The Kier molecular flexibility index (Phi) is 3.81. The van der Waals surface area contributed by atoms with E-state index in [0.717, 1.165) is 6.54 Å². The lowest BCUT2D eigenvalue weighted by molar-refractivity contribution is 0.0178. The second-order valence-electron chi connectivity index (χ2n) is 6.99. The molecule has 1 aliphatic heterocycles. The minimum atomic E-state index is 0.327. The van der Waals surface area contributed by atoms with E-state index in [0.29, 0.717) is 11.0 Å². The quantitative estimate of drug-likeness (QED) is 0.811. The van der Waals surface area contributed by atoms with Crippen molar-refractivity contribution in [2.24, 2.45) is 11.1 Å². The Balaban J connectivity index is 1.79. The van der Waals surface area contributed by atoms with Crippen LogP contribution in [0.25, 0.3) is 0 Å². The highest BCUT2D eigenvalue weighted by atomic mass is 15.3. The molecular formula is C14H29N3. The summed E-state index contributed by atoms with van der Waals surface area (Å²) in [6.45, 7) is 13.9. The van der Waals surface area contributed by atoms with Crippen LogP contribution in [0.3, 0.4) is 0 Å². The predicted octanol–water partition coefficient (Wildman–Crippen LogP) is 1.53. The summed E-state index contributed by atoms with van der Waals surface area (Å²) in [5.74, 6) is 0. The molecular weight excluding hydrogens is 210 g/mol. The maximum atomic E-state index is 5.95. The zero-order valence-electron chi connectivity index (χ0n) is 11.8. The van der Waals surface area contributed by atoms with Crippen LogP contribution in [0.1, 0.15) is 40.0 Å². The molecule has 2 fully saturated rings. The van der Waals surface area contributed by atoms with Crippen molar-refractivity contribution >= 4 is 0 Å². The monoisotopic (exact) mass is 239 g/mol. The largest absolute Gasteiger partial charge is 0.330 e. The lowest BCUT2D eigenvalue weighted by Gasteiger charge is -2.48. The molecule has 1 saturated heterocycles. The van der Waals surface area contributed by atoms with Crippen molar-refractivity contribution in [1.29, 1.82) is 0 Å². The third-order valence-electron chi connectivity index (χ3n) is 4.73. The maximum absolute atomic E-state index is 5.95. The van der Waals surface area contributed by atoms with Gasteiger partial charge in [0.1, 0.15) is 0 Å². The highest BCUT2D eigenvalue weighted by Gasteiger charge is 2.38. The van der Waals surface area contributed by atoms with E-state index in [1.807, 2.05) is 0 Å². The van der Waals surface area contributed by atoms with Gasteiger partial charge in [-0.15, -0.1) is 0 Å². The molecule has 1 saturated carbocycles. The fourth-order valence-corrected chi connectivity index (χ4v) is 3.15. The summed E-state index contributed by atoms with van der Waals surface area (Å²) in [6.07, 6.45) is 4.09. The Labute approximate surface area is 106 Å². The van der Waals surface area contributed by atoms with Crippen molar-refractivity contribution in [3.8, 4) is 0 Å². The average Bonchev–Trinajstić information content (AvgIpc) is 2.23. The summed E-state index contributed by atoms with van der Waals surface area (Å²) < 4.78 is 0. The molecule has 0 amide bonds. The SMILES string of the molecule is CC(C)(C)N1CCN(CC2(CN)CCC2)CC1. The number of nitrogens with two attached hydrogens (primary N) is 1. The Hall–Kier alpha value is -0.120. The summed E-state index contributed by atoms with van der Waals surface area (Å²) in [5.41, 5.74) is 6.75. The summed E-state index contributed by atoms with van der Waals surface area (Å²) in [6, 6.07) is 0. The topological polar surface area (TPSA) is 32.5 Å². The van der Waals surface area contributed by atoms with E-state index >= 15 is 0 Å². The number of rotatable bonds is 3. The van der Waals surface area contributed by atoms with Gasteiger partial charge in [0.15, 0.2) is 0 Å². The summed E-state index contributed by atoms with van der Waals surface area (Å²) in [5, 5.41) is 0. The Morgan fingerprint density at radius 3 is 2.00 bits per heavy atom. The van der Waals surface area contributed by atoms with E-state index in [1.54, 1.807) is 0 Å². The smallest absolute Gasteiger partial charge is 0.0126 e. The van der Waals surface area contributed by atoms with Gasteiger partial charge in [-0.05, 0) is 45.6 Å². The first-order valence-corrected chi connectivity index (χ1v) is 7.13. The molecule has 0 radical (unpaired) electrons. The molecule has 1 aliphatic carbocycles.